The van der Waals surface area contributed by atoms with Gasteiger partial charge in [0.15, 0.2) is 0 Å². The van der Waals surface area contributed by atoms with Crippen LogP contribution in [0.5, 0.6) is 0 Å². The van der Waals surface area contributed by atoms with Crippen molar-refractivity contribution in [1.82, 2.24) is 10.2 Å². The van der Waals surface area contributed by atoms with Gasteiger partial charge in [-0.1, -0.05) is 30.3 Å². The minimum atomic E-state index is -0.220. The number of piperidine rings is 1. The summed E-state index contributed by atoms with van der Waals surface area (Å²) in [6.45, 7) is 3.36. The van der Waals surface area contributed by atoms with Gasteiger partial charge < -0.3 is 15.0 Å². The maximum absolute atomic E-state index is 12.4. The van der Waals surface area contributed by atoms with E-state index in [2.05, 4.69) is 17.3 Å². The van der Waals surface area contributed by atoms with E-state index in [0.717, 1.165) is 31.5 Å². The van der Waals surface area contributed by atoms with Gasteiger partial charge in [-0.15, -0.1) is 0 Å². The lowest BCUT2D eigenvalue weighted by Crippen LogP contribution is -2.33. The van der Waals surface area contributed by atoms with Gasteiger partial charge in [-0.25, -0.2) is 0 Å². The first-order chi connectivity index (χ1) is 10.2. The molecule has 0 saturated carbocycles. The molecule has 1 heterocycles. The number of hydrogen-bond acceptors (Lipinski definition) is 4. The molecule has 0 bridgehead atoms. The first kappa shape index (κ1) is 16.0. The lowest BCUT2D eigenvalue weighted by atomic mass is 9.97. The smallest absolute Gasteiger partial charge is 0.314 e. The molecular formula is C17H26N2O2. The Labute approximate surface area is 127 Å². The number of carbonyl (C=O) groups excluding carboxylic acids is 1. The molecule has 1 aliphatic heterocycles. The van der Waals surface area contributed by atoms with E-state index in [9.17, 15) is 4.79 Å². The number of ether oxygens (including phenoxy) is 1. The third-order valence-electron chi connectivity index (χ3n) is 4.19. The highest BCUT2D eigenvalue weighted by molar-refractivity contribution is 5.78. The van der Waals surface area contributed by atoms with Crippen LogP contribution in [0.25, 0.3) is 0 Å². The van der Waals surface area contributed by atoms with Crippen LogP contribution in [-0.2, 0) is 9.53 Å². The molecule has 21 heavy (non-hydrogen) atoms. The number of likely N-dealkylation sites (tertiary alicyclic amines) is 1. The van der Waals surface area contributed by atoms with Crippen LogP contribution >= 0.6 is 0 Å². The zero-order valence-electron chi connectivity index (χ0n) is 13.0. The van der Waals surface area contributed by atoms with E-state index in [1.165, 1.54) is 0 Å². The maximum Gasteiger partial charge on any atom is 0.314 e. The van der Waals surface area contributed by atoms with Crippen molar-refractivity contribution in [2.45, 2.75) is 18.8 Å². The van der Waals surface area contributed by atoms with Gasteiger partial charge in [0, 0.05) is 6.54 Å². The van der Waals surface area contributed by atoms with Crippen molar-refractivity contribution in [3.8, 4) is 0 Å². The fourth-order valence-corrected chi connectivity index (χ4v) is 2.76. The highest BCUT2D eigenvalue weighted by atomic mass is 16.5. The summed E-state index contributed by atoms with van der Waals surface area (Å²) in [6.07, 6.45) is 2.23. The standard InChI is InChI=1S/C17H26N2O2/c1-18-12-16(15-6-4-3-5-7-15)17(20)21-13-14-8-10-19(2)11-9-14/h3-7,14,16,18H,8-13H2,1-2H3. The third-order valence-corrected chi connectivity index (χ3v) is 4.19. The minimum Gasteiger partial charge on any atom is -0.465 e. The number of nitrogens with zero attached hydrogens (tertiary/aromatic N) is 1. The van der Waals surface area contributed by atoms with E-state index in [1.54, 1.807) is 0 Å². The minimum absolute atomic E-state index is 0.116. The Bertz CT molecular complexity index is 428. The first-order valence-electron chi connectivity index (χ1n) is 7.75. The average Bonchev–Trinajstić information content (AvgIpc) is 2.52. The van der Waals surface area contributed by atoms with Gasteiger partial charge in [-0.05, 0) is 51.5 Å². The molecule has 116 valence electrons. The fraction of sp³-hybridized carbons (Fsp3) is 0.588. The largest absolute Gasteiger partial charge is 0.465 e. The van der Waals surface area contributed by atoms with Gasteiger partial charge in [-0.2, -0.15) is 0 Å². The van der Waals surface area contributed by atoms with Gasteiger partial charge in [-0.3, -0.25) is 4.79 Å². The van der Waals surface area contributed by atoms with Crippen molar-refractivity contribution in [2.24, 2.45) is 5.92 Å². The number of benzene rings is 1. The molecule has 0 spiro atoms. The molecule has 1 N–H and O–H groups in total. The predicted octanol–water partition coefficient (Wildman–Crippen LogP) is 1.87. The van der Waals surface area contributed by atoms with Gasteiger partial charge >= 0.3 is 5.97 Å². The summed E-state index contributed by atoms with van der Waals surface area (Å²) < 4.78 is 5.59. The maximum atomic E-state index is 12.4. The second-order valence-electron chi connectivity index (χ2n) is 5.90. The van der Waals surface area contributed by atoms with Crippen molar-refractivity contribution < 1.29 is 9.53 Å². The number of rotatable bonds is 6. The van der Waals surface area contributed by atoms with E-state index < -0.39 is 0 Å². The van der Waals surface area contributed by atoms with Crippen LogP contribution in [0.1, 0.15) is 24.3 Å². The molecule has 1 unspecified atom stereocenters. The zero-order chi connectivity index (χ0) is 15.1. The molecule has 0 aliphatic carbocycles. The van der Waals surface area contributed by atoms with Crippen LogP contribution in [-0.4, -0.2) is 51.2 Å². The van der Waals surface area contributed by atoms with E-state index in [4.69, 9.17) is 4.74 Å². The van der Waals surface area contributed by atoms with Gasteiger partial charge in [0.05, 0.1) is 12.5 Å². The van der Waals surface area contributed by atoms with Crippen molar-refractivity contribution in [1.29, 1.82) is 0 Å². The molecule has 4 heteroatoms. The van der Waals surface area contributed by atoms with E-state index >= 15 is 0 Å². The molecule has 1 atom stereocenters. The van der Waals surface area contributed by atoms with E-state index in [-0.39, 0.29) is 11.9 Å². The molecule has 0 amide bonds. The Morgan fingerprint density at radius 3 is 2.62 bits per heavy atom. The molecule has 4 nitrogen and oxygen atoms in total. The molecule has 1 saturated heterocycles. The summed E-state index contributed by atoms with van der Waals surface area (Å²) in [5, 5.41) is 3.08. The lowest BCUT2D eigenvalue weighted by Gasteiger charge is -2.29. The van der Waals surface area contributed by atoms with Crippen molar-refractivity contribution in [3.63, 3.8) is 0 Å². The molecule has 1 aromatic rings. The van der Waals surface area contributed by atoms with Gasteiger partial charge in [0.1, 0.15) is 0 Å². The van der Waals surface area contributed by atoms with Crippen LogP contribution in [0.2, 0.25) is 0 Å². The SMILES string of the molecule is CNCC(C(=O)OCC1CCN(C)CC1)c1ccccc1. The van der Waals surface area contributed by atoms with Crippen LogP contribution in [0, 0.1) is 5.92 Å². The number of nitrogens with one attached hydrogen (secondary N) is 1. The number of esters is 1. The Balaban J connectivity index is 1.87. The fourth-order valence-electron chi connectivity index (χ4n) is 2.76. The van der Waals surface area contributed by atoms with Crippen molar-refractivity contribution in [3.05, 3.63) is 35.9 Å². The quantitative estimate of drug-likeness (QED) is 0.812. The highest BCUT2D eigenvalue weighted by Gasteiger charge is 2.24. The van der Waals surface area contributed by atoms with Crippen LogP contribution < -0.4 is 5.32 Å². The van der Waals surface area contributed by atoms with Gasteiger partial charge in [0.2, 0.25) is 0 Å². The van der Waals surface area contributed by atoms with E-state index in [1.807, 2.05) is 37.4 Å². The summed E-state index contributed by atoms with van der Waals surface area (Å²) in [4.78, 5) is 14.7. The topological polar surface area (TPSA) is 41.6 Å². The Hall–Kier alpha value is -1.39. The monoisotopic (exact) mass is 290 g/mol. The summed E-state index contributed by atoms with van der Waals surface area (Å²) >= 11 is 0. The Morgan fingerprint density at radius 2 is 2.00 bits per heavy atom. The first-order valence-corrected chi connectivity index (χ1v) is 7.75. The third kappa shape index (κ3) is 4.83. The Morgan fingerprint density at radius 1 is 1.33 bits per heavy atom. The molecule has 2 rings (SSSR count). The zero-order valence-corrected chi connectivity index (χ0v) is 13.0. The highest BCUT2D eigenvalue weighted by Crippen LogP contribution is 2.20. The molecule has 1 aliphatic rings. The molecule has 1 aromatic carbocycles. The van der Waals surface area contributed by atoms with E-state index in [0.29, 0.717) is 19.1 Å². The van der Waals surface area contributed by atoms with Gasteiger partial charge in [0.25, 0.3) is 0 Å². The summed E-state index contributed by atoms with van der Waals surface area (Å²) in [7, 11) is 4.00. The van der Waals surface area contributed by atoms with Crippen LogP contribution in [0.15, 0.2) is 30.3 Å². The second kappa shape index (κ2) is 8.15. The molecule has 0 aromatic heterocycles. The second-order valence-corrected chi connectivity index (χ2v) is 5.90. The average molecular weight is 290 g/mol. The summed E-state index contributed by atoms with van der Waals surface area (Å²) in [6, 6.07) is 9.85. The summed E-state index contributed by atoms with van der Waals surface area (Å²) in [5.74, 6) is 0.174. The number of carbonyl (C=O) groups is 1. The van der Waals surface area contributed by atoms with Crippen LogP contribution in [0.4, 0.5) is 0 Å². The predicted molar refractivity (Wildman–Crippen MR) is 84.3 cm³/mol. The molecular weight excluding hydrogens is 264 g/mol. The van der Waals surface area contributed by atoms with Crippen molar-refractivity contribution >= 4 is 5.97 Å². The number of likely N-dealkylation sites (N-methyl/N-ethyl adjacent to an activating group) is 1. The number of hydrogen-bond donors (Lipinski definition) is 1. The lowest BCUT2D eigenvalue weighted by molar-refractivity contribution is -0.147. The van der Waals surface area contributed by atoms with Crippen LogP contribution in [0.3, 0.4) is 0 Å². The molecule has 1 fully saturated rings. The Kier molecular flexibility index (Phi) is 6.21. The normalized spacial score (nSPS) is 18.4. The molecule has 0 radical (unpaired) electrons. The summed E-state index contributed by atoms with van der Waals surface area (Å²) in [5.41, 5.74) is 1.01. The van der Waals surface area contributed by atoms with Crippen molar-refractivity contribution in [2.75, 3.05) is 40.3 Å².